The first kappa shape index (κ1) is 20.4. The van der Waals surface area contributed by atoms with Gasteiger partial charge in [-0.3, -0.25) is 4.79 Å². The van der Waals surface area contributed by atoms with Crippen molar-refractivity contribution in [1.82, 2.24) is 9.97 Å². The van der Waals surface area contributed by atoms with E-state index in [9.17, 15) is 4.79 Å². The molecule has 4 rings (SSSR count). The number of amides is 1. The maximum atomic E-state index is 12.5. The molecule has 1 saturated heterocycles. The lowest BCUT2D eigenvalue weighted by atomic mass is 9.85. The molecule has 2 N–H and O–H groups in total. The van der Waals surface area contributed by atoms with Gasteiger partial charge in [-0.15, -0.1) is 0 Å². The van der Waals surface area contributed by atoms with Gasteiger partial charge >= 0.3 is 0 Å². The zero-order chi connectivity index (χ0) is 20.9. The smallest absolute Gasteiger partial charge is 0.227 e. The van der Waals surface area contributed by atoms with Gasteiger partial charge in [-0.05, 0) is 67.5 Å². The number of hydrogen-bond donors (Lipinski definition) is 2. The van der Waals surface area contributed by atoms with Crippen molar-refractivity contribution in [2.24, 2.45) is 5.92 Å². The van der Waals surface area contributed by atoms with Crippen LogP contribution in [0.2, 0.25) is 0 Å². The summed E-state index contributed by atoms with van der Waals surface area (Å²) in [5.74, 6) is 0.347. The Balaban J connectivity index is 1.50. The highest BCUT2D eigenvalue weighted by molar-refractivity contribution is 5.92. The Hall–Kier alpha value is -2.92. The number of rotatable bonds is 6. The molecule has 2 heterocycles. The number of benzene rings is 2. The van der Waals surface area contributed by atoms with Crippen molar-refractivity contribution in [2.45, 2.75) is 39.0 Å². The molecule has 3 aromatic rings. The van der Waals surface area contributed by atoms with Crippen molar-refractivity contribution < 1.29 is 9.53 Å². The van der Waals surface area contributed by atoms with Gasteiger partial charge in [0.2, 0.25) is 5.91 Å². The van der Waals surface area contributed by atoms with Gasteiger partial charge < -0.3 is 15.0 Å². The lowest BCUT2D eigenvalue weighted by Gasteiger charge is -2.21. The van der Waals surface area contributed by atoms with Crippen molar-refractivity contribution in [2.75, 3.05) is 18.5 Å². The summed E-state index contributed by atoms with van der Waals surface area (Å²) in [7, 11) is 0. The number of ether oxygens (including phenoxy) is 1. The van der Waals surface area contributed by atoms with Gasteiger partial charge in [0.05, 0.1) is 6.33 Å². The average molecular weight is 404 g/mol. The zero-order valence-electron chi connectivity index (χ0n) is 17.7. The second-order valence-electron chi connectivity index (χ2n) is 8.13. The van der Waals surface area contributed by atoms with Gasteiger partial charge in [0.1, 0.15) is 0 Å². The van der Waals surface area contributed by atoms with Crippen LogP contribution in [0, 0.1) is 19.8 Å². The van der Waals surface area contributed by atoms with E-state index in [4.69, 9.17) is 4.74 Å². The fourth-order valence-electron chi connectivity index (χ4n) is 4.16. The molecule has 1 unspecified atom stereocenters. The number of aromatic nitrogens is 2. The molecule has 0 saturated carbocycles. The van der Waals surface area contributed by atoms with E-state index < -0.39 is 0 Å². The summed E-state index contributed by atoms with van der Waals surface area (Å²) in [5, 5.41) is 3.06. The van der Waals surface area contributed by atoms with E-state index in [1.54, 1.807) is 6.33 Å². The Morgan fingerprint density at radius 1 is 1.17 bits per heavy atom. The number of nitrogens with zero attached hydrogens (tertiary/aromatic N) is 1. The number of carbonyl (C=O) groups excluding carboxylic acids is 1. The summed E-state index contributed by atoms with van der Waals surface area (Å²) in [6.45, 7) is 5.68. The molecule has 5 heteroatoms. The summed E-state index contributed by atoms with van der Waals surface area (Å²) < 4.78 is 5.35. The molecule has 0 bridgehead atoms. The molecule has 5 nitrogen and oxygen atoms in total. The van der Waals surface area contributed by atoms with Gasteiger partial charge in [-0.1, -0.05) is 30.3 Å². The molecule has 0 radical (unpaired) electrons. The molecular weight excluding hydrogens is 374 g/mol. The quantitative estimate of drug-likeness (QED) is 0.623. The van der Waals surface area contributed by atoms with Crippen LogP contribution in [0.3, 0.4) is 0 Å². The lowest BCUT2D eigenvalue weighted by molar-refractivity contribution is -0.122. The van der Waals surface area contributed by atoms with Crippen molar-refractivity contribution in [3.8, 4) is 0 Å². The monoisotopic (exact) mass is 403 g/mol. The minimum atomic E-state index is 0.0486. The van der Waals surface area contributed by atoms with Gasteiger partial charge in [0.15, 0.2) is 0 Å². The zero-order valence-corrected chi connectivity index (χ0v) is 17.7. The Labute approximate surface area is 177 Å². The molecule has 1 aliphatic rings. The highest BCUT2D eigenvalue weighted by Gasteiger charge is 2.22. The minimum Gasteiger partial charge on any atom is -0.381 e. The largest absolute Gasteiger partial charge is 0.381 e. The third-order valence-electron chi connectivity index (χ3n) is 6.17. The molecular formula is C25H29N3O2. The number of aryl methyl sites for hydroxylation is 1. The topological polar surface area (TPSA) is 67.0 Å². The highest BCUT2D eigenvalue weighted by Crippen LogP contribution is 2.31. The Morgan fingerprint density at radius 3 is 2.63 bits per heavy atom. The van der Waals surface area contributed by atoms with E-state index in [0.29, 0.717) is 13.2 Å². The van der Waals surface area contributed by atoms with Crippen LogP contribution in [0.15, 0.2) is 55.0 Å². The SMILES string of the molecule is Cc1cccc(C(Cc2ccc(NC(=O)C3CCOCC3)cc2)c2cnc[nH]2)c1C. The second-order valence-corrected chi connectivity index (χ2v) is 8.13. The van der Waals surface area contributed by atoms with Gasteiger partial charge in [-0.25, -0.2) is 4.98 Å². The molecule has 0 spiro atoms. The number of carbonyl (C=O) groups is 1. The molecule has 0 aliphatic carbocycles. The molecule has 1 aromatic heterocycles. The van der Waals surface area contributed by atoms with Crippen LogP contribution in [0.25, 0.3) is 0 Å². The maximum absolute atomic E-state index is 12.5. The Bertz CT molecular complexity index is 974. The number of hydrogen-bond acceptors (Lipinski definition) is 3. The fourth-order valence-corrected chi connectivity index (χ4v) is 4.16. The van der Waals surface area contributed by atoms with E-state index >= 15 is 0 Å². The predicted molar refractivity (Wildman–Crippen MR) is 119 cm³/mol. The van der Waals surface area contributed by atoms with Crippen molar-refractivity contribution in [3.05, 3.63) is 82.9 Å². The average Bonchev–Trinajstić information content (AvgIpc) is 3.31. The van der Waals surface area contributed by atoms with Crippen LogP contribution < -0.4 is 5.32 Å². The molecule has 156 valence electrons. The Morgan fingerprint density at radius 2 is 1.93 bits per heavy atom. The first-order valence-electron chi connectivity index (χ1n) is 10.6. The van der Waals surface area contributed by atoms with E-state index in [-0.39, 0.29) is 17.7 Å². The maximum Gasteiger partial charge on any atom is 0.227 e. The first-order chi connectivity index (χ1) is 14.6. The third-order valence-corrected chi connectivity index (χ3v) is 6.17. The van der Waals surface area contributed by atoms with Crippen LogP contribution in [0.1, 0.15) is 46.7 Å². The molecule has 2 aromatic carbocycles. The molecule has 1 amide bonds. The number of nitrogens with one attached hydrogen (secondary N) is 2. The standard InChI is InChI=1S/C25H29N3O2/c1-17-4-3-5-22(18(17)2)23(24-15-26-16-27-24)14-19-6-8-21(9-7-19)28-25(29)20-10-12-30-13-11-20/h3-9,15-16,20,23H,10-14H2,1-2H3,(H,26,27)(H,28,29). The van der Waals surface area contributed by atoms with Gasteiger partial charge in [0.25, 0.3) is 0 Å². The first-order valence-corrected chi connectivity index (χ1v) is 10.6. The summed E-state index contributed by atoms with van der Waals surface area (Å²) >= 11 is 0. The van der Waals surface area contributed by atoms with Gasteiger partial charge in [-0.2, -0.15) is 0 Å². The third kappa shape index (κ3) is 4.62. The summed E-state index contributed by atoms with van der Waals surface area (Å²) in [5.41, 5.74) is 7.11. The number of aromatic amines is 1. The summed E-state index contributed by atoms with van der Waals surface area (Å²) in [4.78, 5) is 20.0. The van der Waals surface area contributed by atoms with E-state index in [1.165, 1.54) is 22.3 Å². The van der Waals surface area contributed by atoms with Crippen LogP contribution in [-0.4, -0.2) is 29.1 Å². The minimum absolute atomic E-state index is 0.0486. The second kappa shape index (κ2) is 9.26. The van der Waals surface area contributed by atoms with Crippen molar-refractivity contribution in [3.63, 3.8) is 0 Å². The van der Waals surface area contributed by atoms with Crippen molar-refractivity contribution >= 4 is 11.6 Å². The normalized spacial score (nSPS) is 15.7. The number of imidazole rings is 1. The molecule has 1 aliphatic heterocycles. The molecule has 30 heavy (non-hydrogen) atoms. The summed E-state index contributed by atoms with van der Waals surface area (Å²) in [6, 6.07) is 14.7. The van der Waals surface area contributed by atoms with E-state index in [0.717, 1.165) is 30.6 Å². The molecule has 1 atom stereocenters. The van der Waals surface area contributed by atoms with Crippen LogP contribution in [-0.2, 0) is 16.0 Å². The van der Waals surface area contributed by atoms with Crippen LogP contribution in [0.5, 0.6) is 0 Å². The van der Waals surface area contributed by atoms with Crippen LogP contribution in [0.4, 0.5) is 5.69 Å². The molecule has 1 fully saturated rings. The van der Waals surface area contributed by atoms with Crippen LogP contribution >= 0.6 is 0 Å². The lowest BCUT2D eigenvalue weighted by Crippen LogP contribution is -2.28. The van der Waals surface area contributed by atoms with Gasteiger partial charge in [0, 0.05) is 42.6 Å². The van der Waals surface area contributed by atoms with Crippen molar-refractivity contribution in [1.29, 1.82) is 0 Å². The number of H-pyrrole nitrogens is 1. The fraction of sp³-hybridized carbons (Fsp3) is 0.360. The predicted octanol–water partition coefficient (Wildman–Crippen LogP) is 4.77. The summed E-state index contributed by atoms with van der Waals surface area (Å²) in [6.07, 6.45) is 6.11. The van der Waals surface area contributed by atoms with E-state index in [2.05, 4.69) is 59.5 Å². The van der Waals surface area contributed by atoms with E-state index in [1.807, 2.05) is 18.3 Å². The number of anilines is 1. The highest BCUT2D eigenvalue weighted by atomic mass is 16.5. The Kier molecular flexibility index (Phi) is 6.29.